The van der Waals surface area contributed by atoms with Crippen molar-refractivity contribution in [2.45, 2.75) is 31.8 Å². The number of hydrogen-bond donors (Lipinski definition) is 1. The second-order valence-electron chi connectivity index (χ2n) is 10.1. The summed E-state index contributed by atoms with van der Waals surface area (Å²) in [6.45, 7) is 6.20. The highest BCUT2D eigenvalue weighted by Gasteiger charge is 2.43. The van der Waals surface area contributed by atoms with Crippen molar-refractivity contribution >= 4 is 16.8 Å². The third-order valence-corrected chi connectivity index (χ3v) is 7.53. The second-order valence-corrected chi connectivity index (χ2v) is 10.1. The van der Waals surface area contributed by atoms with Gasteiger partial charge < -0.3 is 19.2 Å². The maximum atomic E-state index is 13.7. The molecule has 2 fully saturated rings. The molecule has 2 saturated heterocycles. The Kier molecular flexibility index (Phi) is 5.93. The number of amides is 1. The number of hydrogen-bond acceptors (Lipinski definition) is 7. The van der Waals surface area contributed by atoms with E-state index in [1.54, 1.807) is 12.4 Å². The number of rotatable bonds is 7. The number of likely N-dealkylation sites (tertiary alicyclic amines) is 1. The van der Waals surface area contributed by atoms with Crippen LogP contribution in [-0.2, 0) is 10.3 Å². The van der Waals surface area contributed by atoms with E-state index in [1.807, 2.05) is 56.3 Å². The van der Waals surface area contributed by atoms with Crippen molar-refractivity contribution in [2.75, 3.05) is 33.4 Å². The molecule has 2 aliphatic heterocycles. The third-order valence-electron chi connectivity index (χ3n) is 7.53. The number of pyridine rings is 1. The molecule has 2 aliphatic rings. The fourth-order valence-electron chi connectivity index (χ4n) is 5.01. The van der Waals surface area contributed by atoms with Crippen LogP contribution in [0.4, 0.5) is 0 Å². The van der Waals surface area contributed by atoms with Crippen molar-refractivity contribution in [3.8, 4) is 17.1 Å². The Labute approximate surface area is 215 Å². The smallest absolute Gasteiger partial charge is 0.252 e. The van der Waals surface area contributed by atoms with Gasteiger partial charge in [-0.15, -0.1) is 0 Å². The maximum absolute atomic E-state index is 13.7. The van der Waals surface area contributed by atoms with E-state index >= 15 is 0 Å². The highest BCUT2D eigenvalue weighted by molar-refractivity contribution is 5.97. The first-order valence-corrected chi connectivity index (χ1v) is 12.6. The zero-order chi connectivity index (χ0) is 25.6. The van der Waals surface area contributed by atoms with Gasteiger partial charge in [0.1, 0.15) is 17.9 Å². The summed E-state index contributed by atoms with van der Waals surface area (Å²) in [4.78, 5) is 24.8. The molecule has 0 aliphatic carbocycles. The molecule has 4 heterocycles. The van der Waals surface area contributed by atoms with Crippen molar-refractivity contribution in [1.82, 2.24) is 20.2 Å². The van der Waals surface area contributed by atoms with Crippen LogP contribution >= 0.6 is 0 Å². The number of ether oxygens (including phenoxy) is 2. The van der Waals surface area contributed by atoms with E-state index in [9.17, 15) is 4.79 Å². The van der Waals surface area contributed by atoms with Crippen LogP contribution in [0.25, 0.3) is 22.2 Å². The normalized spacial score (nSPS) is 18.7. The van der Waals surface area contributed by atoms with Crippen LogP contribution in [0, 0.1) is 13.8 Å². The number of nitrogens with zero attached hydrogens (tertiary/aromatic N) is 3. The van der Waals surface area contributed by atoms with Crippen molar-refractivity contribution in [3.63, 3.8) is 0 Å². The molecule has 8 heteroatoms. The SMILES string of the molecule is Cc1ncc(-c2cc(C3(NC(=O)c4cc(OCC5CCN5C)ccc4C)COC3)c3cccnc3c2)o1. The zero-order valence-corrected chi connectivity index (χ0v) is 21.3. The molecule has 1 atom stereocenters. The number of aromatic nitrogens is 2. The molecule has 2 aromatic heterocycles. The fraction of sp³-hybridized carbons (Fsp3) is 0.345. The lowest BCUT2D eigenvalue weighted by atomic mass is 9.83. The Hall–Kier alpha value is -3.75. The van der Waals surface area contributed by atoms with Crippen molar-refractivity contribution < 1.29 is 18.7 Å². The summed E-state index contributed by atoms with van der Waals surface area (Å²) >= 11 is 0. The topological polar surface area (TPSA) is 89.7 Å². The van der Waals surface area contributed by atoms with Crippen LogP contribution in [0.3, 0.4) is 0 Å². The molecule has 1 amide bonds. The van der Waals surface area contributed by atoms with E-state index < -0.39 is 5.54 Å². The van der Waals surface area contributed by atoms with Gasteiger partial charge in [-0.3, -0.25) is 14.7 Å². The minimum atomic E-state index is -0.693. The predicted octanol–water partition coefficient (Wildman–Crippen LogP) is 4.25. The van der Waals surface area contributed by atoms with E-state index in [1.165, 1.54) is 0 Å². The van der Waals surface area contributed by atoms with E-state index in [0.717, 1.165) is 40.6 Å². The second kappa shape index (κ2) is 9.28. The molecule has 0 bridgehead atoms. The van der Waals surface area contributed by atoms with Gasteiger partial charge in [0.05, 0.1) is 24.9 Å². The third kappa shape index (κ3) is 4.36. The average molecular weight is 499 g/mol. The Morgan fingerprint density at radius 3 is 2.73 bits per heavy atom. The lowest BCUT2D eigenvalue weighted by Crippen LogP contribution is -2.59. The average Bonchev–Trinajstić information content (AvgIpc) is 3.32. The Balaban J connectivity index is 1.32. The lowest BCUT2D eigenvalue weighted by Gasteiger charge is -2.43. The molecule has 4 aromatic rings. The van der Waals surface area contributed by atoms with Gasteiger partial charge in [-0.1, -0.05) is 12.1 Å². The summed E-state index contributed by atoms with van der Waals surface area (Å²) in [5.74, 6) is 1.79. The number of carbonyl (C=O) groups excluding carboxylic acids is 1. The molecular weight excluding hydrogens is 468 g/mol. The Morgan fingerprint density at radius 2 is 2.05 bits per heavy atom. The molecule has 190 valence electrons. The quantitative estimate of drug-likeness (QED) is 0.408. The van der Waals surface area contributed by atoms with Gasteiger partial charge in [0, 0.05) is 35.7 Å². The maximum Gasteiger partial charge on any atom is 0.252 e. The number of benzene rings is 2. The molecule has 1 N–H and O–H groups in total. The van der Waals surface area contributed by atoms with Crippen LogP contribution in [0.15, 0.2) is 59.3 Å². The van der Waals surface area contributed by atoms with Crippen molar-refractivity contribution in [2.24, 2.45) is 0 Å². The first kappa shape index (κ1) is 23.6. The van der Waals surface area contributed by atoms with Crippen LogP contribution in [0.5, 0.6) is 5.75 Å². The molecule has 2 aromatic carbocycles. The van der Waals surface area contributed by atoms with Gasteiger partial charge in [0.25, 0.3) is 5.91 Å². The van der Waals surface area contributed by atoms with Crippen molar-refractivity contribution in [1.29, 1.82) is 0 Å². The minimum absolute atomic E-state index is 0.162. The number of oxazole rings is 1. The monoisotopic (exact) mass is 498 g/mol. The molecule has 6 rings (SSSR count). The molecule has 1 unspecified atom stereocenters. The highest BCUT2D eigenvalue weighted by atomic mass is 16.5. The highest BCUT2D eigenvalue weighted by Crippen LogP contribution is 2.38. The van der Waals surface area contributed by atoms with Gasteiger partial charge in [0.2, 0.25) is 0 Å². The summed E-state index contributed by atoms with van der Waals surface area (Å²) in [7, 11) is 2.10. The van der Waals surface area contributed by atoms with Crippen LogP contribution in [-0.4, -0.2) is 60.2 Å². The number of likely N-dealkylation sites (N-methyl/N-ethyl adjacent to an activating group) is 1. The molecule has 37 heavy (non-hydrogen) atoms. The first-order valence-electron chi connectivity index (χ1n) is 12.6. The molecule has 0 saturated carbocycles. The van der Waals surface area contributed by atoms with E-state index in [-0.39, 0.29) is 5.91 Å². The van der Waals surface area contributed by atoms with Gasteiger partial charge in [-0.05, 0) is 68.4 Å². The molecule has 0 radical (unpaired) electrons. The van der Waals surface area contributed by atoms with E-state index in [2.05, 4.69) is 27.2 Å². The van der Waals surface area contributed by atoms with E-state index in [0.29, 0.717) is 48.8 Å². The van der Waals surface area contributed by atoms with Gasteiger partial charge >= 0.3 is 0 Å². The van der Waals surface area contributed by atoms with Crippen LogP contribution < -0.4 is 10.1 Å². The Bertz CT molecular complexity index is 1480. The molecule has 8 nitrogen and oxygen atoms in total. The fourth-order valence-corrected chi connectivity index (χ4v) is 5.01. The first-order chi connectivity index (χ1) is 17.9. The summed E-state index contributed by atoms with van der Waals surface area (Å²) in [5, 5.41) is 4.26. The molecule has 0 spiro atoms. The molecular formula is C29H30N4O4. The number of fused-ring (bicyclic) bond motifs is 1. The summed E-state index contributed by atoms with van der Waals surface area (Å²) in [5.41, 5.74) is 3.40. The minimum Gasteiger partial charge on any atom is -0.492 e. The van der Waals surface area contributed by atoms with Crippen LogP contribution in [0.2, 0.25) is 0 Å². The summed E-state index contributed by atoms with van der Waals surface area (Å²) in [6, 6.07) is 14.1. The number of carbonyl (C=O) groups is 1. The largest absolute Gasteiger partial charge is 0.492 e. The van der Waals surface area contributed by atoms with Gasteiger partial charge in [-0.25, -0.2) is 4.98 Å². The number of nitrogens with one attached hydrogen (secondary N) is 1. The van der Waals surface area contributed by atoms with Gasteiger partial charge in [0.15, 0.2) is 11.7 Å². The lowest BCUT2D eigenvalue weighted by molar-refractivity contribution is -0.0726. The summed E-state index contributed by atoms with van der Waals surface area (Å²) < 4.78 is 17.5. The van der Waals surface area contributed by atoms with Crippen molar-refractivity contribution in [3.05, 3.63) is 77.4 Å². The number of aryl methyl sites for hydroxylation is 2. The standard InChI is InChI=1S/C29H30N4O4/c1-18-6-7-22(36-15-21-8-10-33(21)3)13-24(18)28(34)32-29(16-35-17-29)25-11-20(27-14-31-19(2)37-27)12-26-23(25)5-4-9-30-26/h4-7,9,11-14,21H,8,10,15-17H2,1-3H3,(H,32,34). The van der Waals surface area contributed by atoms with E-state index in [4.69, 9.17) is 13.9 Å². The summed E-state index contributed by atoms with van der Waals surface area (Å²) in [6.07, 6.45) is 4.61. The Morgan fingerprint density at radius 1 is 1.19 bits per heavy atom. The van der Waals surface area contributed by atoms with Gasteiger partial charge in [-0.2, -0.15) is 0 Å². The predicted molar refractivity (Wildman–Crippen MR) is 140 cm³/mol. The zero-order valence-electron chi connectivity index (χ0n) is 21.3. The van der Waals surface area contributed by atoms with Crippen LogP contribution in [0.1, 0.15) is 33.8 Å².